The van der Waals surface area contributed by atoms with E-state index in [-0.39, 0.29) is 17.4 Å². The Bertz CT molecular complexity index is 585. The molecule has 1 saturated heterocycles. The molecule has 0 N–H and O–H groups in total. The van der Waals surface area contributed by atoms with Crippen LogP contribution in [0.25, 0.3) is 0 Å². The predicted octanol–water partition coefficient (Wildman–Crippen LogP) is 1.84. The lowest BCUT2D eigenvalue weighted by atomic mass is 10.1. The van der Waals surface area contributed by atoms with E-state index >= 15 is 0 Å². The van der Waals surface area contributed by atoms with Crippen molar-refractivity contribution in [2.24, 2.45) is 0 Å². The van der Waals surface area contributed by atoms with Gasteiger partial charge in [0.15, 0.2) is 5.82 Å². The molecule has 2 aromatic rings. The third-order valence-electron chi connectivity index (χ3n) is 3.32. The summed E-state index contributed by atoms with van der Waals surface area (Å²) in [5, 5.41) is 3.78. The zero-order valence-electron chi connectivity index (χ0n) is 10.1. The van der Waals surface area contributed by atoms with Crippen molar-refractivity contribution in [3.63, 3.8) is 0 Å². The van der Waals surface area contributed by atoms with E-state index in [0.29, 0.717) is 18.9 Å². The number of nitrogens with zero attached hydrogens (tertiary/aromatic N) is 3. The molecule has 3 rings (SSSR count). The highest BCUT2D eigenvalue weighted by molar-refractivity contribution is 5.94. The molecule has 19 heavy (non-hydrogen) atoms. The molecular formula is C13H12FN3O2. The molecule has 0 saturated carbocycles. The molecule has 1 amide bonds. The molecule has 0 aliphatic carbocycles. The van der Waals surface area contributed by atoms with Gasteiger partial charge in [-0.2, -0.15) is 4.98 Å². The molecule has 98 valence electrons. The van der Waals surface area contributed by atoms with Gasteiger partial charge < -0.3 is 9.42 Å². The molecule has 1 aliphatic heterocycles. The largest absolute Gasteiger partial charge is 0.343 e. The van der Waals surface area contributed by atoms with E-state index in [4.69, 9.17) is 4.52 Å². The van der Waals surface area contributed by atoms with Crippen LogP contribution in [-0.2, 0) is 0 Å². The average Bonchev–Trinajstić information content (AvgIpc) is 3.09. The Hall–Kier alpha value is -2.24. The van der Waals surface area contributed by atoms with Crippen molar-refractivity contribution in [1.82, 2.24) is 15.0 Å². The van der Waals surface area contributed by atoms with Gasteiger partial charge in [0.25, 0.3) is 5.91 Å². The van der Waals surface area contributed by atoms with Crippen LogP contribution in [0.5, 0.6) is 0 Å². The summed E-state index contributed by atoms with van der Waals surface area (Å²) in [5.41, 5.74) is 0.108. The van der Waals surface area contributed by atoms with Gasteiger partial charge in [-0.05, 0) is 18.6 Å². The quantitative estimate of drug-likeness (QED) is 0.827. The van der Waals surface area contributed by atoms with Crippen LogP contribution in [0.1, 0.15) is 28.5 Å². The Morgan fingerprint density at radius 1 is 1.42 bits per heavy atom. The summed E-state index contributed by atoms with van der Waals surface area (Å²) in [7, 11) is 0. The minimum Gasteiger partial charge on any atom is -0.343 e. The number of rotatable bonds is 2. The zero-order valence-corrected chi connectivity index (χ0v) is 10.1. The highest BCUT2D eigenvalue weighted by Crippen LogP contribution is 2.26. The summed E-state index contributed by atoms with van der Waals surface area (Å²) >= 11 is 0. The van der Waals surface area contributed by atoms with Crippen molar-refractivity contribution in [1.29, 1.82) is 0 Å². The lowest BCUT2D eigenvalue weighted by molar-refractivity contribution is 0.0786. The molecule has 1 aliphatic rings. The molecule has 0 radical (unpaired) electrons. The number of carbonyl (C=O) groups is 1. The van der Waals surface area contributed by atoms with E-state index < -0.39 is 5.82 Å². The molecule has 1 aromatic carbocycles. The Balaban J connectivity index is 1.75. The fourth-order valence-electron chi connectivity index (χ4n) is 2.32. The van der Waals surface area contributed by atoms with Crippen LogP contribution in [0.15, 0.2) is 35.2 Å². The van der Waals surface area contributed by atoms with E-state index in [9.17, 15) is 9.18 Å². The number of hydrogen-bond donors (Lipinski definition) is 0. The number of carbonyl (C=O) groups excluding carboxylic acids is 1. The van der Waals surface area contributed by atoms with Gasteiger partial charge >= 0.3 is 0 Å². The molecule has 1 aromatic heterocycles. The molecule has 6 heteroatoms. The summed E-state index contributed by atoms with van der Waals surface area (Å²) in [6, 6.07) is 6.01. The first-order valence-corrected chi connectivity index (χ1v) is 6.06. The minimum atomic E-state index is -0.490. The van der Waals surface area contributed by atoms with E-state index in [1.54, 1.807) is 17.0 Å². The van der Waals surface area contributed by atoms with Crippen molar-refractivity contribution in [3.05, 3.63) is 47.9 Å². The van der Waals surface area contributed by atoms with Gasteiger partial charge in [0, 0.05) is 19.0 Å². The van der Waals surface area contributed by atoms with Crippen LogP contribution in [0.2, 0.25) is 0 Å². The van der Waals surface area contributed by atoms with Crippen LogP contribution in [0.4, 0.5) is 4.39 Å². The van der Waals surface area contributed by atoms with Crippen LogP contribution in [0.3, 0.4) is 0 Å². The first kappa shape index (κ1) is 11.8. The fourth-order valence-corrected chi connectivity index (χ4v) is 2.32. The summed E-state index contributed by atoms with van der Waals surface area (Å²) in [5.74, 6) is -0.113. The van der Waals surface area contributed by atoms with Gasteiger partial charge in [-0.15, -0.1) is 0 Å². The first-order chi connectivity index (χ1) is 9.25. The van der Waals surface area contributed by atoms with Crippen LogP contribution in [-0.4, -0.2) is 34.0 Å². The molecule has 2 heterocycles. The second-order valence-electron chi connectivity index (χ2n) is 4.51. The second-order valence-corrected chi connectivity index (χ2v) is 4.51. The Morgan fingerprint density at radius 2 is 2.26 bits per heavy atom. The van der Waals surface area contributed by atoms with Crippen molar-refractivity contribution in [3.8, 4) is 0 Å². The van der Waals surface area contributed by atoms with E-state index in [1.165, 1.54) is 18.5 Å². The van der Waals surface area contributed by atoms with Crippen molar-refractivity contribution >= 4 is 5.91 Å². The van der Waals surface area contributed by atoms with Crippen molar-refractivity contribution in [2.75, 3.05) is 13.1 Å². The van der Waals surface area contributed by atoms with Crippen LogP contribution >= 0.6 is 0 Å². The Labute approximate surface area is 109 Å². The summed E-state index contributed by atoms with van der Waals surface area (Å²) in [6.45, 7) is 1.07. The molecular weight excluding hydrogens is 249 g/mol. The van der Waals surface area contributed by atoms with E-state index in [1.807, 2.05) is 0 Å². The van der Waals surface area contributed by atoms with E-state index in [2.05, 4.69) is 10.1 Å². The number of amides is 1. The molecule has 1 atom stereocenters. The molecule has 5 nitrogen and oxygen atoms in total. The summed E-state index contributed by atoms with van der Waals surface area (Å²) in [6.07, 6.45) is 2.04. The molecule has 1 fully saturated rings. The van der Waals surface area contributed by atoms with Gasteiger partial charge in [0.05, 0.1) is 5.56 Å². The maximum Gasteiger partial charge on any atom is 0.256 e. The highest BCUT2D eigenvalue weighted by atomic mass is 19.1. The van der Waals surface area contributed by atoms with Crippen LogP contribution in [0, 0.1) is 5.82 Å². The second kappa shape index (κ2) is 4.79. The van der Waals surface area contributed by atoms with Crippen LogP contribution < -0.4 is 0 Å². The third-order valence-corrected chi connectivity index (χ3v) is 3.32. The van der Waals surface area contributed by atoms with Gasteiger partial charge in [0.1, 0.15) is 5.82 Å². The highest BCUT2D eigenvalue weighted by Gasteiger charge is 2.31. The minimum absolute atomic E-state index is 0.0643. The lowest BCUT2D eigenvalue weighted by Gasteiger charge is -2.16. The number of benzene rings is 1. The standard InChI is InChI=1S/C13H12FN3O2/c14-11-4-2-1-3-10(11)13(18)17-6-5-9(7-17)12-15-8-19-16-12/h1-4,8-9H,5-7H2. The zero-order chi connectivity index (χ0) is 13.2. The average molecular weight is 261 g/mol. The Kier molecular flexibility index (Phi) is 2.98. The van der Waals surface area contributed by atoms with Gasteiger partial charge in [-0.1, -0.05) is 17.3 Å². The lowest BCUT2D eigenvalue weighted by Crippen LogP contribution is -2.29. The van der Waals surface area contributed by atoms with E-state index in [0.717, 1.165) is 6.42 Å². The number of halogens is 1. The SMILES string of the molecule is O=C(c1ccccc1F)N1CCC(c2ncon2)C1. The fraction of sp³-hybridized carbons (Fsp3) is 0.308. The number of likely N-dealkylation sites (tertiary alicyclic amines) is 1. The summed E-state index contributed by atoms with van der Waals surface area (Å²) in [4.78, 5) is 17.8. The maximum absolute atomic E-state index is 13.6. The van der Waals surface area contributed by atoms with Gasteiger partial charge in [0.2, 0.25) is 6.39 Å². The normalized spacial score (nSPS) is 18.8. The molecule has 0 bridgehead atoms. The van der Waals surface area contributed by atoms with Gasteiger partial charge in [-0.25, -0.2) is 4.39 Å². The summed E-state index contributed by atoms with van der Waals surface area (Å²) < 4.78 is 18.3. The third kappa shape index (κ3) is 2.21. The van der Waals surface area contributed by atoms with Gasteiger partial charge in [-0.3, -0.25) is 4.79 Å². The van der Waals surface area contributed by atoms with Crippen molar-refractivity contribution in [2.45, 2.75) is 12.3 Å². The topological polar surface area (TPSA) is 59.2 Å². The predicted molar refractivity (Wildman–Crippen MR) is 64.0 cm³/mol. The van der Waals surface area contributed by atoms with Crippen molar-refractivity contribution < 1.29 is 13.7 Å². The maximum atomic E-state index is 13.6. The molecule has 1 unspecified atom stereocenters. The monoisotopic (exact) mass is 261 g/mol. The Morgan fingerprint density at radius 3 is 3.00 bits per heavy atom. The smallest absolute Gasteiger partial charge is 0.256 e. The number of hydrogen-bond acceptors (Lipinski definition) is 4. The first-order valence-electron chi connectivity index (χ1n) is 6.06. The molecule has 0 spiro atoms. The number of aromatic nitrogens is 2.